The van der Waals surface area contributed by atoms with Crippen LogP contribution in [0.4, 0.5) is 11.4 Å². The van der Waals surface area contributed by atoms with Gasteiger partial charge in [0.1, 0.15) is 5.69 Å². The second kappa shape index (κ2) is 8.35. The molecule has 2 heterocycles. The minimum atomic E-state index is -0.394. The van der Waals surface area contributed by atoms with Crippen molar-refractivity contribution in [2.24, 2.45) is 0 Å². The number of amides is 2. The average Bonchev–Trinajstić information content (AvgIpc) is 3.23. The van der Waals surface area contributed by atoms with Crippen LogP contribution >= 0.6 is 0 Å². The fourth-order valence-electron chi connectivity index (χ4n) is 3.02. The highest BCUT2D eigenvalue weighted by Crippen LogP contribution is 2.28. The van der Waals surface area contributed by atoms with Gasteiger partial charge in [0.05, 0.1) is 11.2 Å². The smallest absolute Gasteiger partial charge is 0.292 e. The molecule has 1 fully saturated rings. The standard InChI is InChI=1S/C18H20N4O5/c23-17(7-8-19-18(24)16-6-3-13-27-16)21-11-9-20(10-12-21)14-4-1-2-5-15(14)22(25)26/h1-6,13H,7-12H2,(H,19,24). The van der Waals surface area contributed by atoms with Gasteiger partial charge in [0.15, 0.2) is 5.76 Å². The van der Waals surface area contributed by atoms with E-state index in [1.165, 1.54) is 12.3 Å². The summed E-state index contributed by atoms with van der Waals surface area (Å²) in [6.45, 7) is 2.24. The number of benzene rings is 1. The van der Waals surface area contributed by atoms with E-state index in [2.05, 4.69) is 5.32 Å². The molecule has 1 N–H and O–H groups in total. The van der Waals surface area contributed by atoms with E-state index in [-0.39, 0.29) is 36.2 Å². The first-order chi connectivity index (χ1) is 13.1. The van der Waals surface area contributed by atoms with E-state index in [1.807, 2.05) is 4.90 Å². The van der Waals surface area contributed by atoms with E-state index in [0.29, 0.717) is 31.9 Å². The maximum absolute atomic E-state index is 12.3. The van der Waals surface area contributed by atoms with Crippen molar-refractivity contribution in [1.82, 2.24) is 10.2 Å². The Labute approximate surface area is 155 Å². The highest BCUT2D eigenvalue weighted by molar-refractivity contribution is 5.91. The third-order valence-corrected chi connectivity index (χ3v) is 4.42. The Kier molecular flexibility index (Phi) is 5.70. The van der Waals surface area contributed by atoms with Gasteiger partial charge in [-0.2, -0.15) is 0 Å². The lowest BCUT2D eigenvalue weighted by Crippen LogP contribution is -2.49. The number of hydrogen-bond acceptors (Lipinski definition) is 6. The molecule has 0 aliphatic carbocycles. The number of nitro groups is 1. The summed E-state index contributed by atoms with van der Waals surface area (Å²) < 4.78 is 4.99. The van der Waals surface area contributed by atoms with Gasteiger partial charge in [0.25, 0.3) is 11.6 Å². The molecule has 0 spiro atoms. The Hall–Kier alpha value is -3.36. The fourth-order valence-corrected chi connectivity index (χ4v) is 3.02. The molecule has 0 unspecified atom stereocenters. The summed E-state index contributed by atoms with van der Waals surface area (Å²) in [7, 11) is 0. The molecular weight excluding hydrogens is 352 g/mol. The summed E-state index contributed by atoms with van der Waals surface area (Å²) in [5.41, 5.74) is 0.637. The van der Waals surface area contributed by atoms with E-state index in [4.69, 9.17) is 4.42 Å². The molecule has 1 saturated heterocycles. The Morgan fingerprint density at radius 2 is 1.85 bits per heavy atom. The number of nitrogens with one attached hydrogen (secondary N) is 1. The summed E-state index contributed by atoms with van der Waals surface area (Å²) in [5.74, 6) is -0.202. The van der Waals surface area contributed by atoms with Crippen LogP contribution in [0, 0.1) is 10.1 Å². The largest absolute Gasteiger partial charge is 0.459 e. The van der Waals surface area contributed by atoms with Gasteiger partial charge in [0.2, 0.25) is 5.91 Å². The van der Waals surface area contributed by atoms with Crippen molar-refractivity contribution in [1.29, 1.82) is 0 Å². The molecule has 2 amide bonds. The topological polar surface area (TPSA) is 109 Å². The molecule has 3 rings (SSSR count). The van der Waals surface area contributed by atoms with Gasteiger partial charge in [-0.15, -0.1) is 0 Å². The molecule has 0 bridgehead atoms. The summed E-state index contributed by atoms with van der Waals surface area (Å²) in [6, 6.07) is 9.78. The number of piperazine rings is 1. The second-order valence-electron chi connectivity index (χ2n) is 6.10. The first-order valence-corrected chi connectivity index (χ1v) is 8.64. The minimum absolute atomic E-state index is 0.0584. The summed E-state index contributed by atoms with van der Waals surface area (Å²) >= 11 is 0. The lowest BCUT2D eigenvalue weighted by atomic mass is 10.2. The van der Waals surface area contributed by atoms with Gasteiger partial charge in [-0.3, -0.25) is 19.7 Å². The Morgan fingerprint density at radius 3 is 2.52 bits per heavy atom. The van der Waals surface area contributed by atoms with Crippen LogP contribution in [0.3, 0.4) is 0 Å². The van der Waals surface area contributed by atoms with Gasteiger partial charge in [-0.25, -0.2) is 0 Å². The number of hydrogen-bond donors (Lipinski definition) is 1. The number of carbonyl (C=O) groups is 2. The van der Waals surface area contributed by atoms with E-state index in [1.54, 1.807) is 35.2 Å². The zero-order valence-electron chi connectivity index (χ0n) is 14.7. The molecule has 1 aliphatic rings. The zero-order valence-corrected chi connectivity index (χ0v) is 14.7. The number of furan rings is 1. The van der Waals surface area contributed by atoms with Gasteiger partial charge < -0.3 is 19.5 Å². The number of anilines is 1. The van der Waals surface area contributed by atoms with Gasteiger partial charge in [-0.05, 0) is 18.2 Å². The molecule has 0 saturated carbocycles. The Bertz CT molecular complexity index is 813. The first kappa shape index (κ1) is 18.4. The van der Waals surface area contributed by atoms with Crippen molar-refractivity contribution in [2.45, 2.75) is 6.42 Å². The normalized spacial score (nSPS) is 14.1. The average molecular weight is 372 g/mol. The molecule has 1 aromatic heterocycles. The molecule has 9 heteroatoms. The molecule has 1 aromatic carbocycles. The molecule has 1 aliphatic heterocycles. The van der Waals surface area contributed by atoms with Crippen LogP contribution in [0.2, 0.25) is 0 Å². The number of nitrogens with zero attached hydrogens (tertiary/aromatic N) is 3. The third-order valence-electron chi connectivity index (χ3n) is 4.42. The molecule has 0 radical (unpaired) electrons. The van der Waals surface area contributed by atoms with Crippen LogP contribution in [0.25, 0.3) is 0 Å². The lowest BCUT2D eigenvalue weighted by molar-refractivity contribution is -0.384. The van der Waals surface area contributed by atoms with Crippen LogP contribution < -0.4 is 10.2 Å². The van der Waals surface area contributed by atoms with Crippen molar-refractivity contribution in [2.75, 3.05) is 37.6 Å². The summed E-state index contributed by atoms with van der Waals surface area (Å²) in [4.78, 5) is 38.5. The van der Waals surface area contributed by atoms with E-state index < -0.39 is 4.92 Å². The van der Waals surface area contributed by atoms with Gasteiger partial charge in [0, 0.05) is 45.2 Å². The van der Waals surface area contributed by atoms with Crippen molar-refractivity contribution < 1.29 is 18.9 Å². The highest BCUT2D eigenvalue weighted by Gasteiger charge is 2.25. The molecule has 2 aromatic rings. The first-order valence-electron chi connectivity index (χ1n) is 8.64. The van der Waals surface area contributed by atoms with Crippen LogP contribution in [0.1, 0.15) is 17.0 Å². The number of carbonyl (C=O) groups excluding carboxylic acids is 2. The molecule has 0 atom stereocenters. The van der Waals surface area contributed by atoms with Gasteiger partial charge in [-0.1, -0.05) is 12.1 Å². The minimum Gasteiger partial charge on any atom is -0.459 e. The van der Waals surface area contributed by atoms with Crippen LogP contribution in [0.5, 0.6) is 0 Å². The van der Waals surface area contributed by atoms with Crippen LogP contribution in [-0.2, 0) is 4.79 Å². The van der Waals surface area contributed by atoms with Crippen molar-refractivity contribution in [3.63, 3.8) is 0 Å². The number of nitro benzene ring substituents is 1. The quantitative estimate of drug-likeness (QED) is 0.610. The lowest BCUT2D eigenvalue weighted by Gasteiger charge is -2.35. The Morgan fingerprint density at radius 1 is 1.11 bits per heavy atom. The predicted octanol–water partition coefficient (Wildman–Crippen LogP) is 1.66. The molecule has 9 nitrogen and oxygen atoms in total. The maximum Gasteiger partial charge on any atom is 0.292 e. The zero-order chi connectivity index (χ0) is 19.2. The predicted molar refractivity (Wildman–Crippen MR) is 97.5 cm³/mol. The third kappa shape index (κ3) is 4.43. The molecule has 142 valence electrons. The summed E-state index contributed by atoms with van der Waals surface area (Å²) in [5, 5.41) is 13.8. The van der Waals surface area contributed by atoms with Crippen molar-refractivity contribution in [3.05, 3.63) is 58.5 Å². The monoisotopic (exact) mass is 372 g/mol. The van der Waals surface area contributed by atoms with Crippen molar-refractivity contribution >= 4 is 23.2 Å². The Balaban J connectivity index is 1.47. The molecular formula is C18H20N4O5. The van der Waals surface area contributed by atoms with Gasteiger partial charge >= 0.3 is 0 Å². The van der Waals surface area contributed by atoms with Crippen LogP contribution in [0.15, 0.2) is 47.1 Å². The van der Waals surface area contributed by atoms with Crippen molar-refractivity contribution in [3.8, 4) is 0 Å². The maximum atomic E-state index is 12.3. The van der Waals surface area contributed by atoms with E-state index in [9.17, 15) is 19.7 Å². The number of para-hydroxylation sites is 2. The highest BCUT2D eigenvalue weighted by atomic mass is 16.6. The summed E-state index contributed by atoms with van der Waals surface area (Å²) in [6.07, 6.45) is 1.61. The van der Waals surface area contributed by atoms with E-state index >= 15 is 0 Å². The van der Waals surface area contributed by atoms with Crippen LogP contribution in [-0.4, -0.2) is 54.4 Å². The SMILES string of the molecule is O=C(NCCC(=O)N1CCN(c2ccccc2[N+](=O)[O-])CC1)c1ccco1. The van der Waals surface area contributed by atoms with E-state index in [0.717, 1.165) is 0 Å². The fraction of sp³-hybridized carbons (Fsp3) is 0.333. The molecule has 27 heavy (non-hydrogen) atoms. The number of rotatable bonds is 6. The second-order valence-corrected chi connectivity index (χ2v) is 6.10.